The van der Waals surface area contributed by atoms with Crippen LogP contribution in [0.3, 0.4) is 0 Å². The van der Waals surface area contributed by atoms with Gasteiger partial charge in [-0.2, -0.15) is 0 Å². The molecule has 0 aliphatic carbocycles. The third-order valence-corrected chi connectivity index (χ3v) is 11.9. The smallest absolute Gasteiger partial charge is 0.143 e. The fourth-order valence-electron chi connectivity index (χ4n) is 9.23. The standard InChI is InChI=1S/C56H34N2O/c1-4-20-40-35(13-1)16-9-25-46(40)51-52(56(49-27-11-18-37-15-3-6-22-42(37)49)59-55(51)48-26-10-17-36-14-2-5-21-41(36)48)47-32-31-45(43-23-7-8-24-44(43)47)50-33-30-39-29-28-38-19-12-34-57-53(38)54(39)58-50/h1-34H. The highest BCUT2D eigenvalue weighted by molar-refractivity contribution is 6.16. The number of rotatable bonds is 5. The molecule has 274 valence electrons. The highest BCUT2D eigenvalue weighted by atomic mass is 16.3. The van der Waals surface area contributed by atoms with Gasteiger partial charge in [0.15, 0.2) is 0 Å². The fourth-order valence-corrected chi connectivity index (χ4v) is 9.23. The Hall–Kier alpha value is -7.88. The van der Waals surface area contributed by atoms with E-state index in [1.54, 1.807) is 0 Å². The van der Waals surface area contributed by atoms with Gasteiger partial charge < -0.3 is 4.42 Å². The lowest BCUT2D eigenvalue weighted by Crippen LogP contribution is -1.93. The van der Waals surface area contributed by atoms with Crippen molar-refractivity contribution >= 4 is 64.9 Å². The van der Waals surface area contributed by atoms with Gasteiger partial charge in [-0.1, -0.05) is 188 Å². The average Bonchev–Trinajstić information content (AvgIpc) is 3.70. The van der Waals surface area contributed by atoms with E-state index in [-0.39, 0.29) is 0 Å². The Morgan fingerprint density at radius 3 is 1.32 bits per heavy atom. The minimum absolute atomic E-state index is 0.840. The summed E-state index contributed by atoms with van der Waals surface area (Å²) in [5.41, 5.74) is 10.2. The van der Waals surface area contributed by atoms with Crippen molar-refractivity contribution in [3.8, 4) is 56.2 Å². The first-order valence-corrected chi connectivity index (χ1v) is 20.1. The van der Waals surface area contributed by atoms with Crippen LogP contribution in [0.5, 0.6) is 0 Å². The minimum Gasteiger partial charge on any atom is -0.455 e. The van der Waals surface area contributed by atoms with Gasteiger partial charge in [0.05, 0.1) is 16.7 Å². The SMILES string of the molecule is c1ccc2c(-c3oc(-c4cccc5ccccc45)c(-c4ccc(-c5ccc6ccc7cccnc7c6n5)c5ccccc45)c3-c3cccc4ccccc34)cccc2c1. The fraction of sp³-hybridized carbons (Fsp3) is 0. The molecule has 0 aliphatic heterocycles. The molecule has 12 rings (SSSR count). The van der Waals surface area contributed by atoms with E-state index in [4.69, 9.17) is 14.4 Å². The second-order valence-corrected chi connectivity index (χ2v) is 15.2. The Morgan fingerprint density at radius 2 is 0.712 bits per heavy atom. The number of aromatic nitrogens is 2. The molecule has 3 heterocycles. The van der Waals surface area contributed by atoms with Crippen molar-refractivity contribution in [2.24, 2.45) is 0 Å². The molecule has 0 N–H and O–H groups in total. The molecule has 0 atom stereocenters. The highest BCUT2D eigenvalue weighted by Gasteiger charge is 2.29. The van der Waals surface area contributed by atoms with E-state index in [0.717, 1.165) is 105 Å². The van der Waals surface area contributed by atoms with E-state index in [1.165, 1.54) is 16.2 Å². The molecule has 0 amide bonds. The maximum Gasteiger partial charge on any atom is 0.143 e. The second kappa shape index (κ2) is 13.4. The Kier molecular flexibility index (Phi) is 7.54. The Balaban J connectivity index is 1.22. The maximum absolute atomic E-state index is 7.53. The Morgan fingerprint density at radius 1 is 0.288 bits per heavy atom. The van der Waals surface area contributed by atoms with Gasteiger partial charge in [0.1, 0.15) is 11.5 Å². The molecule has 0 spiro atoms. The van der Waals surface area contributed by atoms with Gasteiger partial charge in [0.2, 0.25) is 0 Å². The zero-order valence-electron chi connectivity index (χ0n) is 31.9. The summed E-state index contributed by atoms with van der Waals surface area (Å²) in [4.78, 5) is 10.1. The largest absolute Gasteiger partial charge is 0.455 e. The number of benzene rings is 9. The molecule has 0 saturated carbocycles. The summed E-state index contributed by atoms with van der Waals surface area (Å²) < 4.78 is 7.53. The van der Waals surface area contributed by atoms with Crippen molar-refractivity contribution in [1.82, 2.24) is 9.97 Å². The number of fused-ring (bicyclic) bond motifs is 7. The van der Waals surface area contributed by atoms with E-state index in [0.29, 0.717) is 0 Å². The summed E-state index contributed by atoms with van der Waals surface area (Å²) in [6.45, 7) is 0. The van der Waals surface area contributed by atoms with Crippen LogP contribution in [0.2, 0.25) is 0 Å². The first-order chi connectivity index (χ1) is 29.3. The van der Waals surface area contributed by atoms with E-state index < -0.39 is 0 Å². The zero-order chi connectivity index (χ0) is 38.9. The predicted octanol–water partition coefficient (Wildman–Crippen LogP) is 15.3. The normalized spacial score (nSPS) is 11.7. The van der Waals surface area contributed by atoms with Gasteiger partial charge in [-0.25, -0.2) is 4.98 Å². The lowest BCUT2D eigenvalue weighted by Gasteiger charge is -2.16. The van der Waals surface area contributed by atoms with Gasteiger partial charge in [-0.3, -0.25) is 4.98 Å². The molecule has 0 aliphatic rings. The highest BCUT2D eigenvalue weighted by Crippen LogP contribution is 2.53. The monoisotopic (exact) mass is 750 g/mol. The molecule has 0 unspecified atom stereocenters. The van der Waals surface area contributed by atoms with E-state index in [2.05, 4.69) is 194 Å². The third-order valence-electron chi connectivity index (χ3n) is 11.9. The van der Waals surface area contributed by atoms with Crippen LogP contribution >= 0.6 is 0 Å². The molecule has 3 aromatic heterocycles. The quantitative estimate of drug-likeness (QED) is 0.164. The van der Waals surface area contributed by atoms with Crippen LogP contribution in [-0.2, 0) is 0 Å². The summed E-state index contributed by atoms with van der Waals surface area (Å²) in [5, 5.41) is 11.3. The Bertz CT molecular complexity index is 3620. The van der Waals surface area contributed by atoms with Crippen LogP contribution in [0.15, 0.2) is 211 Å². The van der Waals surface area contributed by atoms with Crippen LogP contribution in [-0.4, -0.2) is 9.97 Å². The summed E-state index contributed by atoms with van der Waals surface area (Å²) >= 11 is 0. The van der Waals surface area contributed by atoms with Crippen LogP contribution in [0, 0.1) is 0 Å². The summed E-state index contributed by atoms with van der Waals surface area (Å²) in [7, 11) is 0. The summed E-state index contributed by atoms with van der Waals surface area (Å²) in [5.74, 6) is 1.69. The molecule has 0 saturated heterocycles. The second-order valence-electron chi connectivity index (χ2n) is 15.2. The summed E-state index contributed by atoms with van der Waals surface area (Å²) in [6, 6.07) is 71.4. The molecule has 12 aromatic rings. The van der Waals surface area contributed by atoms with Crippen molar-refractivity contribution in [3.63, 3.8) is 0 Å². The first kappa shape index (κ1) is 33.3. The molecule has 0 bridgehead atoms. The maximum atomic E-state index is 7.53. The van der Waals surface area contributed by atoms with Crippen molar-refractivity contribution in [2.75, 3.05) is 0 Å². The topological polar surface area (TPSA) is 38.9 Å². The molecule has 3 heteroatoms. The van der Waals surface area contributed by atoms with Gasteiger partial charge in [-0.15, -0.1) is 0 Å². The van der Waals surface area contributed by atoms with E-state index >= 15 is 0 Å². The van der Waals surface area contributed by atoms with Gasteiger partial charge in [0, 0.05) is 44.8 Å². The summed E-state index contributed by atoms with van der Waals surface area (Å²) in [6.07, 6.45) is 1.85. The number of hydrogen-bond acceptors (Lipinski definition) is 3. The molecular weight excluding hydrogens is 717 g/mol. The van der Waals surface area contributed by atoms with Crippen LogP contribution in [0.4, 0.5) is 0 Å². The third kappa shape index (κ3) is 5.29. The Labute approximate surface area is 340 Å². The van der Waals surface area contributed by atoms with E-state index in [1.807, 2.05) is 12.3 Å². The lowest BCUT2D eigenvalue weighted by atomic mass is 9.85. The zero-order valence-corrected chi connectivity index (χ0v) is 31.9. The van der Waals surface area contributed by atoms with Crippen molar-refractivity contribution in [3.05, 3.63) is 206 Å². The van der Waals surface area contributed by atoms with Crippen LogP contribution < -0.4 is 0 Å². The minimum atomic E-state index is 0.840. The van der Waals surface area contributed by atoms with Crippen molar-refractivity contribution < 1.29 is 4.42 Å². The van der Waals surface area contributed by atoms with Crippen LogP contribution in [0.1, 0.15) is 0 Å². The van der Waals surface area contributed by atoms with Crippen molar-refractivity contribution in [1.29, 1.82) is 0 Å². The van der Waals surface area contributed by atoms with Gasteiger partial charge in [-0.05, 0) is 66.3 Å². The van der Waals surface area contributed by atoms with Crippen LogP contribution in [0.25, 0.3) is 121 Å². The lowest BCUT2D eigenvalue weighted by molar-refractivity contribution is 0.600. The number of pyridine rings is 2. The number of hydrogen-bond donors (Lipinski definition) is 0. The predicted molar refractivity (Wildman–Crippen MR) is 247 cm³/mol. The first-order valence-electron chi connectivity index (χ1n) is 20.1. The van der Waals surface area contributed by atoms with E-state index in [9.17, 15) is 0 Å². The molecule has 9 aromatic carbocycles. The average molecular weight is 751 g/mol. The molecule has 0 radical (unpaired) electrons. The van der Waals surface area contributed by atoms with Gasteiger partial charge in [0.25, 0.3) is 0 Å². The number of nitrogens with zero attached hydrogens (tertiary/aromatic N) is 2. The van der Waals surface area contributed by atoms with Crippen molar-refractivity contribution in [2.45, 2.75) is 0 Å². The number of furan rings is 1. The molecule has 0 fully saturated rings. The molecular formula is C56H34N2O. The molecule has 3 nitrogen and oxygen atoms in total. The molecule has 59 heavy (non-hydrogen) atoms. The van der Waals surface area contributed by atoms with Gasteiger partial charge >= 0.3 is 0 Å².